The van der Waals surface area contributed by atoms with Gasteiger partial charge in [-0.05, 0) is 37.8 Å². The van der Waals surface area contributed by atoms with E-state index in [-0.39, 0.29) is 0 Å². The molecule has 0 aliphatic rings. The Balaban J connectivity index is 2.24. The molecule has 1 aromatic rings. The van der Waals surface area contributed by atoms with Gasteiger partial charge in [-0.15, -0.1) is 0 Å². The molecule has 0 heterocycles. The second-order valence-electron chi connectivity index (χ2n) is 8.81. The average molecular weight is 389 g/mol. The molecular weight excluding hydrogens is 340 g/mol. The summed E-state index contributed by atoms with van der Waals surface area (Å²) >= 11 is 0. The van der Waals surface area contributed by atoms with Gasteiger partial charge < -0.3 is 4.74 Å². The Bertz CT molecular complexity index is 436. The number of unbranched alkanes of at least 4 members (excludes halogenated alkanes) is 12. The number of aryl methyl sites for hydroxylation is 1. The van der Waals surface area contributed by atoms with Crippen LogP contribution < -0.4 is 4.74 Å². The third kappa shape index (κ3) is 14.1. The third-order valence-electron chi connectivity index (χ3n) is 5.94. The first-order valence-electron chi connectivity index (χ1n) is 12.5. The molecule has 0 radical (unpaired) electrons. The van der Waals surface area contributed by atoms with Gasteiger partial charge in [0.25, 0.3) is 0 Å². The Labute approximate surface area is 176 Å². The van der Waals surface area contributed by atoms with Crippen molar-refractivity contribution in [3.05, 3.63) is 29.8 Å². The highest BCUT2D eigenvalue weighted by Crippen LogP contribution is 2.21. The van der Waals surface area contributed by atoms with Crippen LogP contribution in [0.5, 0.6) is 5.75 Å². The predicted octanol–water partition coefficient (Wildman–Crippen LogP) is 9.27. The smallest absolute Gasteiger partial charge is 0.119 e. The van der Waals surface area contributed by atoms with Gasteiger partial charge in [0.15, 0.2) is 0 Å². The predicted molar refractivity (Wildman–Crippen MR) is 125 cm³/mol. The first kappa shape index (κ1) is 25.1. The summed E-state index contributed by atoms with van der Waals surface area (Å²) < 4.78 is 6.14. The minimum Gasteiger partial charge on any atom is -0.493 e. The molecule has 0 N–H and O–H groups in total. The maximum atomic E-state index is 6.14. The molecule has 1 atom stereocenters. The van der Waals surface area contributed by atoms with Crippen LogP contribution >= 0.6 is 0 Å². The number of rotatable bonds is 19. The lowest BCUT2D eigenvalue weighted by atomic mass is 9.94. The van der Waals surface area contributed by atoms with Crippen LogP contribution in [0.25, 0.3) is 0 Å². The average Bonchev–Trinajstić information content (AvgIpc) is 2.71. The van der Waals surface area contributed by atoms with E-state index in [1.54, 1.807) is 0 Å². The fourth-order valence-electron chi connectivity index (χ4n) is 3.94. The topological polar surface area (TPSA) is 9.23 Å². The van der Waals surface area contributed by atoms with Crippen LogP contribution in [0.3, 0.4) is 0 Å². The third-order valence-corrected chi connectivity index (χ3v) is 5.94. The molecule has 1 aromatic carbocycles. The molecule has 0 fully saturated rings. The van der Waals surface area contributed by atoms with Gasteiger partial charge in [0, 0.05) is 0 Å². The van der Waals surface area contributed by atoms with Gasteiger partial charge in [0.2, 0.25) is 0 Å². The molecule has 0 saturated carbocycles. The lowest BCUT2D eigenvalue weighted by Crippen LogP contribution is -2.12. The van der Waals surface area contributed by atoms with Crippen molar-refractivity contribution < 1.29 is 4.74 Å². The fourth-order valence-corrected chi connectivity index (χ4v) is 3.94. The van der Waals surface area contributed by atoms with Gasteiger partial charge in [-0.3, -0.25) is 0 Å². The maximum Gasteiger partial charge on any atom is 0.119 e. The summed E-state index contributed by atoms with van der Waals surface area (Å²) in [5.41, 5.74) is 1.30. The molecule has 0 bridgehead atoms. The van der Waals surface area contributed by atoms with Crippen molar-refractivity contribution >= 4 is 0 Å². The molecule has 28 heavy (non-hydrogen) atoms. The van der Waals surface area contributed by atoms with Crippen LogP contribution in [0, 0.1) is 12.8 Å². The molecule has 0 spiro atoms. The van der Waals surface area contributed by atoms with E-state index in [9.17, 15) is 0 Å². The van der Waals surface area contributed by atoms with E-state index in [0.717, 1.165) is 18.3 Å². The summed E-state index contributed by atoms with van der Waals surface area (Å²) in [4.78, 5) is 0. The number of ether oxygens (including phenoxy) is 1. The molecule has 162 valence electrons. The lowest BCUT2D eigenvalue weighted by Gasteiger charge is -2.18. The van der Waals surface area contributed by atoms with Crippen molar-refractivity contribution in [3.63, 3.8) is 0 Å². The monoisotopic (exact) mass is 388 g/mol. The van der Waals surface area contributed by atoms with Crippen molar-refractivity contribution in [1.82, 2.24) is 0 Å². The molecule has 0 aromatic heterocycles. The molecule has 0 aliphatic heterocycles. The highest BCUT2D eigenvalue weighted by Gasteiger charge is 2.10. The lowest BCUT2D eigenvalue weighted by molar-refractivity contribution is 0.224. The van der Waals surface area contributed by atoms with Gasteiger partial charge in [-0.25, -0.2) is 0 Å². The zero-order valence-corrected chi connectivity index (χ0v) is 19.3. The van der Waals surface area contributed by atoms with Crippen molar-refractivity contribution in [2.24, 2.45) is 5.92 Å². The number of benzene rings is 1. The Hall–Kier alpha value is -0.980. The molecule has 1 unspecified atom stereocenters. The molecule has 0 amide bonds. The highest BCUT2D eigenvalue weighted by molar-refractivity contribution is 5.26. The molecule has 1 heteroatoms. The van der Waals surface area contributed by atoms with Crippen LogP contribution in [-0.2, 0) is 0 Å². The molecular formula is C27H48O. The SMILES string of the molecule is CCCCCCCCCCC(CCCCCCCC)COc1ccc(C)cc1. The molecule has 0 aliphatic carbocycles. The van der Waals surface area contributed by atoms with E-state index < -0.39 is 0 Å². The van der Waals surface area contributed by atoms with Crippen molar-refractivity contribution in [3.8, 4) is 5.75 Å². The summed E-state index contributed by atoms with van der Waals surface area (Å²) in [5.74, 6) is 1.77. The minimum atomic E-state index is 0.729. The Kier molecular flexibility index (Phi) is 16.2. The Morgan fingerprint density at radius 1 is 0.607 bits per heavy atom. The zero-order valence-electron chi connectivity index (χ0n) is 19.3. The highest BCUT2D eigenvalue weighted by atomic mass is 16.5. The number of hydrogen-bond acceptors (Lipinski definition) is 1. The van der Waals surface area contributed by atoms with Crippen LogP contribution in [0.1, 0.15) is 122 Å². The van der Waals surface area contributed by atoms with E-state index >= 15 is 0 Å². The van der Waals surface area contributed by atoms with E-state index in [4.69, 9.17) is 4.74 Å². The van der Waals surface area contributed by atoms with Crippen molar-refractivity contribution in [2.45, 2.75) is 124 Å². The van der Waals surface area contributed by atoms with Crippen LogP contribution in [-0.4, -0.2) is 6.61 Å². The van der Waals surface area contributed by atoms with Gasteiger partial charge in [-0.1, -0.05) is 121 Å². The first-order valence-corrected chi connectivity index (χ1v) is 12.5. The first-order chi connectivity index (χ1) is 13.8. The number of hydrogen-bond donors (Lipinski definition) is 0. The molecule has 1 nitrogen and oxygen atoms in total. The zero-order chi connectivity index (χ0) is 20.3. The van der Waals surface area contributed by atoms with E-state index in [1.165, 1.54) is 108 Å². The minimum absolute atomic E-state index is 0.729. The van der Waals surface area contributed by atoms with Crippen LogP contribution in [0.2, 0.25) is 0 Å². The van der Waals surface area contributed by atoms with Crippen molar-refractivity contribution in [1.29, 1.82) is 0 Å². The quantitative estimate of drug-likeness (QED) is 0.214. The normalized spacial score (nSPS) is 12.2. The second kappa shape index (κ2) is 18.1. The van der Waals surface area contributed by atoms with Crippen molar-refractivity contribution in [2.75, 3.05) is 6.61 Å². The second-order valence-corrected chi connectivity index (χ2v) is 8.81. The maximum absolute atomic E-state index is 6.14. The molecule has 1 rings (SSSR count). The van der Waals surface area contributed by atoms with E-state index in [1.807, 2.05) is 0 Å². The Morgan fingerprint density at radius 2 is 1.04 bits per heavy atom. The standard InChI is InChI=1S/C27H48O/c1-4-6-8-10-12-13-15-17-19-26(18-16-14-11-9-7-5-2)24-28-27-22-20-25(3)21-23-27/h20-23,26H,4-19,24H2,1-3H3. The summed E-state index contributed by atoms with van der Waals surface area (Å²) in [5, 5.41) is 0. The summed E-state index contributed by atoms with van der Waals surface area (Å²) in [6.45, 7) is 7.62. The summed E-state index contributed by atoms with van der Waals surface area (Å²) in [6, 6.07) is 8.54. The fraction of sp³-hybridized carbons (Fsp3) is 0.778. The van der Waals surface area contributed by atoms with Gasteiger partial charge in [0.05, 0.1) is 6.61 Å². The Morgan fingerprint density at radius 3 is 1.50 bits per heavy atom. The van der Waals surface area contributed by atoms with Crippen LogP contribution in [0.15, 0.2) is 24.3 Å². The van der Waals surface area contributed by atoms with E-state index in [0.29, 0.717) is 0 Å². The van der Waals surface area contributed by atoms with E-state index in [2.05, 4.69) is 45.0 Å². The summed E-state index contributed by atoms with van der Waals surface area (Å²) in [6.07, 6.45) is 22.3. The summed E-state index contributed by atoms with van der Waals surface area (Å²) in [7, 11) is 0. The van der Waals surface area contributed by atoms with Gasteiger partial charge in [-0.2, -0.15) is 0 Å². The van der Waals surface area contributed by atoms with Crippen LogP contribution in [0.4, 0.5) is 0 Å². The largest absolute Gasteiger partial charge is 0.493 e. The van der Waals surface area contributed by atoms with Gasteiger partial charge >= 0.3 is 0 Å². The molecule has 0 saturated heterocycles. The van der Waals surface area contributed by atoms with Gasteiger partial charge in [0.1, 0.15) is 5.75 Å².